The molecule has 1 amide bonds. The van der Waals surface area contributed by atoms with Crippen molar-refractivity contribution in [2.24, 2.45) is 5.41 Å². The van der Waals surface area contributed by atoms with Crippen molar-refractivity contribution in [3.05, 3.63) is 73.1 Å². The van der Waals surface area contributed by atoms with Gasteiger partial charge < -0.3 is 9.73 Å². The van der Waals surface area contributed by atoms with E-state index in [2.05, 4.69) is 25.2 Å². The van der Waals surface area contributed by atoms with Crippen LogP contribution in [0.4, 0.5) is 11.4 Å². The molecule has 0 aliphatic rings. The number of nitrogens with one attached hydrogen (secondary N) is 2. The predicted molar refractivity (Wildman–Crippen MR) is 128 cm³/mol. The molecule has 10 heteroatoms. The zero-order chi connectivity index (χ0) is 24.3. The molecule has 0 bridgehead atoms. The van der Waals surface area contributed by atoms with Gasteiger partial charge in [0, 0.05) is 34.6 Å². The molecule has 9 nitrogen and oxygen atoms in total. The Labute approximate surface area is 197 Å². The first-order valence-electron chi connectivity index (χ1n) is 10.4. The van der Waals surface area contributed by atoms with Crippen molar-refractivity contribution in [3.8, 4) is 22.9 Å². The van der Waals surface area contributed by atoms with Gasteiger partial charge in [-0.1, -0.05) is 26.8 Å². The zero-order valence-corrected chi connectivity index (χ0v) is 19.6. The van der Waals surface area contributed by atoms with Gasteiger partial charge in [-0.15, -0.1) is 10.2 Å². The van der Waals surface area contributed by atoms with Crippen LogP contribution in [-0.2, 0) is 14.8 Å². The number of pyridine rings is 1. The monoisotopic (exact) mass is 477 g/mol. The lowest BCUT2D eigenvalue weighted by molar-refractivity contribution is -0.123. The minimum Gasteiger partial charge on any atom is -0.416 e. The molecule has 0 saturated heterocycles. The van der Waals surface area contributed by atoms with E-state index >= 15 is 0 Å². The Hall–Kier alpha value is -4.05. The maximum absolute atomic E-state index is 12.9. The molecule has 2 N–H and O–H groups in total. The number of hydrogen-bond acceptors (Lipinski definition) is 7. The van der Waals surface area contributed by atoms with Crippen LogP contribution in [0.2, 0.25) is 0 Å². The third kappa shape index (κ3) is 5.29. The largest absolute Gasteiger partial charge is 0.416 e. The summed E-state index contributed by atoms with van der Waals surface area (Å²) in [5.41, 5.74) is 1.57. The predicted octanol–water partition coefficient (Wildman–Crippen LogP) is 4.58. The Morgan fingerprint density at radius 1 is 0.853 bits per heavy atom. The summed E-state index contributed by atoms with van der Waals surface area (Å²) < 4.78 is 34.0. The van der Waals surface area contributed by atoms with Gasteiger partial charge in [-0.2, -0.15) is 0 Å². The minimum absolute atomic E-state index is 0.0641. The van der Waals surface area contributed by atoms with Gasteiger partial charge in [-0.05, 0) is 54.6 Å². The Balaban J connectivity index is 1.49. The van der Waals surface area contributed by atoms with Crippen LogP contribution in [0.15, 0.2) is 82.4 Å². The number of carbonyl (C=O) groups excluding carboxylic acids is 1. The zero-order valence-electron chi connectivity index (χ0n) is 18.8. The highest BCUT2D eigenvalue weighted by Crippen LogP contribution is 2.26. The molecular weight excluding hydrogens is 454 g/mol. The normalized spacial score (nSPS) is 11.7. The van der Waals surface area contributed by atoms with Crippen molar-refractivity contribution in [2.75, 3.05) is 10.0 Å². The highest BCUT2D eigenvalue weighted by Gasteiger charge is 2.21. The summed E-state index contributed by atoms with van der Waals surface area (Å²) in [7, 11) is -3.86. The summed E-state index contributed by atoms with van der Waals surface area (Å²) in [6.07, 6.45) is 3.25. The van der Waals surface area contributed by atoms with Gasteiger partial charge in [-0.25, -0.2) is 8.42 Å². The standard InChI is InChI=1S/C24H23N5O4S/c1-24(2,3)23(30)26-18-5-4-6-19(15-18)29-34(31,32)20-9-7-16(8-10-20)21-27-28-22(33-21)17-11-13-25-14-12-17/h4-15,29H,1-3H3,(H,26,30). The Kier molecular flexibility index (Phi) is 6.16. The molecule has 0 radical (unpaired) electrons. The fourth-order valence-corrected chi connectivity index (χ4v) is 3.97. The van der Waals surface area contributed by atoms with E-state index in [1.54, 1.807) is 81.7 Å². The number of hydrogen-bond donors (Lipinski definition) is 2. The minimum atomic E-state index is -3.86. The van der Waals surface area contributed by atoms with Crippen molar-refractivity contribution in [1.29, 1.82) is 0 Å². The Morgan fingerprint density at radius 2 is 1.44 bits per heavy atom. The first-order valence-corrected chi connectivity index (χ1v) is 11.9. The first kappa shape index (κ1) is 23.1. The van der Waals surface area contributed by atoms with Crippen LogP contribution in [0.1, 0.15) is 20.8 Å². The van der Waals surface area contributed by atoms with Crippen LogP contribution < -0.4 is 10.0 Å². The molecule has 4 aromatic rings. The van der Waals surface area contributed by atoms with Crippen molar-refractivity contribution in [2.45, 2.75) is 25.7 Å². The van der Waals surface area contributed by atoms with Crippen LogP contribution in [0, 0.1) is 5.41 Å². The van der Waals surface area contributed by atoms with Gasteiger partial charge >= 0.3 is 0 Å². The molecule has 2 aromatic carbocycles. The van der Waals surface area contributed by atoms with Crippen molar-refractivity contribution in [1.82, 2.24) is 15.2 Å². The van der Waals surface area contributed by atoms with E-state index in [0.717, 1.165) is 5.56 Å². The fourth-order valence-electron chi connectivity index (χ4n) is 2.92. The number of carbonyl (C=O) groups is 1. The molecule has 34 heavy (non-hydrogen) atoms. The highest BCUT2D eigenvalue weighted by atomic mass is 32.2. The van der Waals surface area contributed by atoms with Gasteiger partial charge in [0.25, 0.3) is 10.0 Å². The smallest absolute Gasteiger partial charge is 0.261 e. The van der Waals surface area contributed by atoms with E-state index in [-0.39, 0.29) is 16.7 Å². The van der Waals surface area contributed by atoms with E-state index in [1.807, 2.05) is 0 Å². The lowest BCUT2D eigenvalue weighted by Gasteiger charge is -2.18. The topological polar surface area (TPSA) is 127 Å². The summed E-state index contributed by atoms with van der Waals surface area (Å²) in [5, 5.41) is 10.9. The number of nitrogens with zero attached hydrogens (tertiary/aromatic N) is 3. The summed E-state index contributed by atoms with van der Waals surface area (Å²) in [6, 6.07) is 16.1. The lowest BCUT2D eigenvalue weighted by atomic mass is 9.95. The third-order valence-electron chi connectivity index (χ3n) is 4.82. The van der Waals surface area contributed by atoms with Gasteiger partial charge in [0.05, 0.1) is 10.6 Å². The van der Waals surface area contributed by atoms with Crippen LogP contribution in [0.3, 0.4) is 0 Å². The van der Waals surface area contributed by atoms with E-state index in [4.69, 9.17) is 4.42 Å². The van der Waals surface area contributed by atoms with Gasteiger partial charge in [0.15, 0.2) is 0 Å². The second-order valence-corrected chi connectivity index (χ2v) is 10.2. The molecule has 2 heterocycles. The second kappa shape index (κ2) is 9.06. The molecule has 4 rings (SSSR count). The van der Waals surface area contributed by atoms with E-state index in [9.17, 15) is 13.2 Å². The van der Waals surface area contributed by atoms with Crippen LogP contribution in [0.25, 0.3) is 22.9 Å². The fraction of sp³-hybridized carbons (Fsp3) is 0.167. The van der Waals surface area contributed by atoms with E-state index in [1.165, 1.54) is 12.1 Å². The first-order chi connectivity index (χ1) is 16.1. The maximum Gasteiger partial charge on any atom is 0.261 e. The molecule has 0 fully saturated rings. The van der Waals surface area contributed by atoms with E-state index < -0.39 is 15.4 Å². The molecule has 0 atom stereocenters. The second-order valence-electron chi connectivity index (χ2n) is 8.56. The van der Waals surface area contributed by atoms with Crippen molar-refractivity contribution < 1.29 is 17.6 Å². The molecule has 0 saturated carbocycles. The van der Waals surface area contributed by atoms with Crippen molar-refractivity contribution in [3.63, 3.8) is 0 Å². The van der Waals surface area contributed by atoms with Crippen LogP contribution in [0.5, 0.6) is 0 Å². The SMILES string of the molecule is CC(C)(C)C(=O)Nc1cccc(NS(=O)(=O)c2ccc(-c3nnc(-c4ccncc4)o3)cc2)c1. The molecule has 0 aliphatic heterocycles. The third-order valence-corrected chi connectivity index (χ3v) is 6.21. The number of sulfonamides is 1. The molecule has 2 aromatic heterocycles. The summed E-state index contributed by atoms with van der Waals surface area (Å²) in [4.78, 5) is 16.2. The summed E-state index contributed by atoms with van der Waals surface area (Å²) in [6.45, 7) is 5.40. The Morgan fingerprint density at radius 3 is 2.06 bits per heavy atom. The number of amides is 1. The number of rotatable bonds is 6. The van der Waals surface area contributed by atoms with Gasteiger partial charge in [-0.3, -0.25) is 14.5 Å². The molecule has 0 spiro atoms. The highest BCUT2D eigenvalue weighted by molar-refractivity contribution is 7.92. The van der Waals surface area contributed by atoms with Crippen LogP contribution in [-0.4, -0.2) is 29.5 Å². The average Bonchev–Trinajstić information content (AvgIpc) is 3.29. The number of aromatic nitrogens is 3. The summed E-state index contributed by atoms with van der Waals surface area (Å²) >= 11 is 0. The quantitative estimate of drug-likeness (QED) is 0.416. The summed E-state index contributed by atoms with van der Waals surface area (Å²) in [5.74, 6) is 0.441. The number of benzene rings is 2. The van der Waals surface area contributed by atoms with Crippen LogP contribution >= 0.6 is 0 Å². The molecule has 0 aliphatic carbocycles. The Bertz CT molecular complexity index is 1410. The molecule has 0 unspecified atom stereocenters. The number of anilines is 2. The lowest BCUT2D eigenvalue weighted by Crippen LogP contribution is -2.27. The van der Waals surface area contributed by atoms with Gasteiger partial charge in [0.1, 0.15) is 0 Å². The average molecular weight is 478 g/mol. The molecule has 174 valence electrons. The van der Waals surface area contributed by atoms with E-state index in [0.29, 0.717) is 22.8 Å². The van der Waals surface area contributed by atoms with Crippen molar-refractivity contribution >= 4 is 27.3 Å². The maximum atomic E-state index is 12.9. The molecular formula is C24H23N5O4S. The van der Waals surface area contributed by atoms with Gasteiger partial charge in [0.2, 0.25) is 17.7 Å².